The summed E-state index contributed by atoms with van der Waals surface area (Å²) in [5.41, 5.74) is 1.64. The van der Waals surface area contributed by atoms with Crippen molar-refractivity contribution in [2.75, 3.05) is 5.32 Å². The first-order valence-electron chi connectivity index (χ1n) is 6.73. The Morgan fingerprint density at radius 3 is 2.55 bits per heavy atom. The lowest BCUT2D eigenvalue weighted by Gasteiger charge is -2.07. The normalized spacial score (nSPS) is 10.5. The smallest absolute Gasteiger partial charge is 0.259 e. The molecular weight excluding hydrogens is 283 g/mol. The molecule has 1 N–H and O–H groups in total. The average molecular weight is 296 g/mol. The van der Waals surface area contributed by atoms with Crippen molar-refractivity contribution in [3.05, 3.63) is 71.7 Å². The van der Waals surface area contributed by atoms with Gasteiger partial charge in [0.1, 0.15) is 11.6 Å². The van der Waals surface area contributed by atoms with Crippen molar-refractivity contribution in [1.29, 1.82) is 0 Å². The minimum atomic E-state index is -0.586. The van der Waals surface area contributed by atoms with Crippen LogP contribution in [0.15, 0.2) is 59.1 Å². The highest BCUT2D eigenvalue weighted by Crippen LogP contribution is 2.22. The Balaban J connectivity index is 1.91. The van der Waals surface area contributed by atoms with Crippen LogP contribution < -0.4 is 5.32 Å². The van der Waals surface area contributed by atoms with Gasteiger partial charge in [-0.25, -0.2) is 4.39 Å². The standard InChI is InChI=1S/C17H13FN2O2/c1-11-9-16(20-22-11)19-17(21)14-10-13(7-8-15(14)18)12-5-3-2-4-6-12/h2-10H,1H3,(H,19,20,21). The van der Waals surface area contributed by atoms with E-state index >= 15 is 0 Å². The third kappa shape index (κ3) is 2.88. The number of hydrogen-bond acceptors (Lipinski definition) is 3. The zero-order valence-electron chi connectivity index (χ0n) is 11.8. The Bertz CT molecular complexity index is 813. The van der Waals surface area contributed by atoms with Gasteiger partial charge in [-0.15, -0.1) is 0 Å². The molecule has 0 aliphatic rings. The van der Waals surface area contributed by atoms with Gasteiger partial charge in [-0.3, -0.25) is 4.79 Å². The number of aromatic nitrogens is 1. The maximum Gasteiger partial charge on any atom is 0.259 e. The number of nitrogens with one attached hydrogen (secondary N) is 1. The van der Waals surface area contributed by atoms with Crippen LogP contribution in [0.5, 0.6) is 0 Å². The Hall–Kier alpha value is -2.95. The summed E-state index contributed by atoms with van der Waals surface area (Å²) in [7, 11) is 0. The quantitative estimate of drug-likeness (QED) is 0.793. The van der Waals surface area contributed by atoms with E-state index < -0.39 is 11.7 Å². The number of nitrogens with zero attached hydrogens (tertiary/aromatic N) is 1. The number of carbonyl (C=O) groups excluding carboxylic acids is 1. The fourth-order valence-corrected chi connectivity index (χ4v) is 2.12. The number of halogens is 1. The van der Waals surface area contributed by atoms with Gasteiger partial charge >= 0.3 is 0 Å². The molecule has 0 unspecified atom stereocenters. The molecule has 110 valence electrons. The number of carbonyl (C=O) groups is 1. The molecule has 0 aliphatic carbocycles. The topological polar surface area (TPSA) is 55.1 Å². The van der Waals surface area contributed by atoms with Gasteiger partial charge in [0.15, 0.2) is 5.82 Å². The number of aryl methyl sites for hydroxylation is 1. The molecule has 0 fully saturated rings. The van der Waals surface area contributed by atoms with Gasteiger partial charge in [0.2, 0.25) is 0 Å². The lowest BCUT2D eigenvalue weighted by atomic mass is 10.0. The Morgan fingerprint density at radius 1 is 1.09 bits per heavy atom. The molecule has 3 rings (SSSR count). The molecule has 1 amide bonds. The summed E-state index contributed by atoms with van der Waals surface area (Å²) in [6, 6.07) is 15.5. The lowest BCUT2D eigenvalue weighted by molar-refractivity contribution is 0.102. The number of benzene rings is 2. The van der Waals surface area contributed by atoms with Crippen LogP contribution in [0.4, 0.5) is 10.2 Å². The minimum Gasteiger partial charge on any atom is -0.360 e. The highest BCUT2D eigenvalue weighted by molar-refractivity contribution is 6.04. The second-order valence-electron chi connectivity index (χ2n) is 4.84. The van der Waals surface area contributed by atoms with E-state index in [4.69, 9.17) is 4.52 Å². The van der Waals surface area contributed by atoms with E-state index in [0.29, 0.717) is 5.76 Å². The van der Waals surface area contributed by atoms with Crippen LogP contribution >= 0.6 is 0 Å². The van der Waals surface area contributed by atoms with Crippen molar-refractivity contribution in [3.8, 4) is 11.1 Å². The minimum absolute atomic E-state index is 0.0398. The number of rotatable bonds is 3. The molecule has 22 heavy (non-hydrogen) atoms. The molecule has 0 radical (unpaired) electrons. The first kappa shape index (κ1) is 14.0. The Labute approximate surface area is 126 Å². The van der Waals surface area contributed by atoms with Crippen molar-refractivity contribution in [2.45, 2.75) is 6.92 Å². The first-order valence-corrected chi connectivity index (χ1v) is 6.73. The molecule has 0 bridgehead atoms. The van der Waals surface area contributed by atoms with Crippen LogP contribution in [-0.2, 0) is 0 Å². The van der Waals surface area contributed by atoms with Crippen molar-refractivity contribution in [2.24, 2.45) is 0 Å². The molecular formula is C17H13FN2O2. The average Bonchev–Trinajstić information content (AvgIpc) is 2.93. The van der Waals surface area contributed by atoms with E-state index in [1.807, 2.05) is 30.3 Å². The fraction of sp³-hybridized carbons (Fsp3) is 0.0588. The monoisotopic (exact) mass is 296 g/mol. The summed E-state index contributed by atoms with van der Waals surface area (Å²) in [6.45, 7) is 1.71. The van der Waals surface area contributed by atoms with Crippen LogP contribution in [-0.4, -0.2) is 11.1 Å². The van der Waals surface area contributed by atoms with Crippen LogP contribution in [0.1, 0.15) is 16.1 Å². The van der Waals surface area contributed by atoms with E-state index in [-0.39, 0.29) is 11.4 Å². The predicted molar refractivity (Wildman–Crippen MR) is 81.0 cm³/mol. The summed E-state index contributed by atoms with van der Waals surface area (Å²) >= 11 is 0. The van der Waals surface area contributed by atoms with Crippen molar-refractivity contribution in [1.82, 2.24) is 5.16 Å². The molecule has 1 heterocycles. The number of anilines is 1. The largest absolute Gasteiger partial charge is 0.360 e. The highest BCUT2D eigenvalue weighted by atomic mass is 19.1. The first-order chi connectivity index (χ1) is 10.6. The molecule has 0 aliphatic heterocycles. The maximum atomic E-state index is 13.9. The number of hydrogen-bond donors (Lipinski definition) is 1. The Kier molecular flexibility index (Phi) is 3.70. The van der Waals surface area contributed by atoms with E-state index in [1.165, 1.54) is 12.1 Å². The second-order valence-corrected chi connectivity index (χ2v) is 4.84. The van der Waals surface area contributed by atoms with E-state index in [2.05, 4.69) is 10.5 Å². The lowest BCUT2D eigenvalue weighted by Crippen LogP contribution is -2.14. The maximum absolute atomic E-state index is 13.9. The van der Waals surface area contributed by atoms with Crippen molar-refractivity contribution in [3.63, 3.8) is 0 Å². The van der Waals surface area contributed by atoms with Crippen LogP contribution in [0.25, 0.3) is 11.1 Å². The molecule has 0 saturated heterocycles. The van der Waals surface area contributed by atoms with Gasteiger partial charge in [0, 0.05) is 6.07 Å². The molecule has 1 aromatic heterocycles. The van der Waals surface area contributed by atoms with E-state index in [1.54, 1.807) is 19.1 Å². The zero-order chi connectivity index (χ0) is 15.5. The van der Waals surface area contributed by atoms with Crippen LogP contribution in [0, 0.1) is 12.7 Å². The van der Waals surface area contributed by atoms with Crippen LogP contribution in [0.3, 0.4) is 0 Å². The molecule has 4 nitrogen and oxygen atoms in total. The van der Waals surface area contributed by atoms with Crippen LogP contribution in [0.2, 0.25) is 0 Å². The molecule has 3 aromatic rings. The molecule has 2 aromatic carbocycles. The van der Waals surface area contributed by atoms with Gasteiger partial charge in [-0.05, 0) is 30.2 Å². The van der Waals surface area contributed by atoms with Gasteiger partial charge in [0.25, 0.3) is 5.91 Å². The molecule has 0 saturated carbocycles. The predicted octanol–water partition coefficient (Wildman–Crippen LogP) is 4.04. The number of amides is 1. The second kappa shape index (κ2) is 5.81. The summed E-state index contributed by atoms with van der Waals surface area (Å²) < 4.78 is 18.8. The summed E-state index contributed by atoms with van der Waals surface area (Å²) in [5, 5.41) is 6.18. The zero-order valence-corrected chi connectivity index (χ0v) is 11.8. The molecule has 5 heteroatoms. The SMILES string of the molecule is Cc1cc(NC(=O)c2cc(-c3ccccc3)ccc2F)no1. The van der Waals surface area contributed by atoms with Gasteiger partial charge in [-0.1, -0.05) is 41.6 Å². The molecule has 0 spiro atoms. The fourth-order valence-electron chi connectivity index (χ4n) is 2.12. The summed E-state index contributed by atoms with van der Waals surface area (Å²) in [6.07, 6.45) is 0. The van der Waals surface area contributed by atoms with Crippen molar-refractivity contribution < 1.29 is 13.7 Å². The third-order valence-corrected chi connectivity index (χ3v) is 3.19. The van der Waals surface area contributed by atoms with E-state index in [9.17, 15) is 9.18 Å². The third-order valence-electron chi connectivity index (χ3n) is 3.19. The van der Waals surface area contributed by atoms with Crippen molar-refractivity contribution >= 4 is 11.7 Å². The van der Waals surface area contributed by atoms with Gasteiger partial charge in [0.05, 0.1) is 5.56 Å². The van der Waals surface area contributed by atoms with Gasteiger partial charge < -0.3 is 9.84 Å². The summed E-state index contributed by atoms with van der Waals surface area (Å²) in [4.78, 5) is 12.2. The molecule has 0 atom stereocenters. The summed E-state index contributed by atoms with van der Waals surface area (Å²) in [5.74, 6) is -0.332. The Morgan fingerprint density at radius 2 is 1.86 bits per heavy atom. The van der Waals surface area contributed by atoms with E-state index in [0.717, 1.165) is 11.1 Å². The van der Waals surface area contributed by atoms with Gasteiger partial charge in [-0.2, -0.15) is 0 Å². The highest BCUT2D eigenvalue weighted by Gasteiger charge is 2.15.